The average Bonchev–Trinajstić information content (AvgIpc) is 2.77. The Labute approximate surface area is 190 Å². The second-order valence-corrected chi connectivity index (χ2v) is 9.76. The maximum atomic E-state index is 13.1. The van der Waals surface area contributed by atoms with Crippen LogP contribution in [0.15, 0.2) is 84.3 Å². The molecule has 0 aromatic heterocycles. The van der Waals surface area contributed by atoms with Crippen LogP contribution in [0.1, 0.15) is 32.6 Å². The van der Waals surface area contributed by atoms with Crippen molar-refractivity contribution in [3.8, 4) is 0 Å². The summed E-state index contributed by atoms with van der Waals surface area (Å²) in [5.41, 5.74) is 5.09. The van der Waals surface area contributed by atoms with Gasteiger partial charge in [0.25, 0.3) is 5.91 Å². The number of rotatable bonds is 8. The van der Waals surface area contributed by atoms with Crippen molar-refractivity contribution in [3.05, 3.63) is 107 Å². The Hall–Kier alpha value is -3.22. The van der Waals surface area contributed by atoms with E-state index in [1.54, 1.807) is 54.6 Å². The first-order chi connectivity index (χ1) is 15.2. The van der Waals surface area contributed by atoms with E-state index < -0.39 is 10.0 Å². The Morgan fingerprint density at radius 1 is 0.938 bits per heavy atom. The second-order valence-electron chi connectivity index (χ2n) is 7.82. The third kappa shape index (κ3) is 5.33. The van der Waals surface area contributed by atoms with E-state index in [2.05, 4.69) is 11.9 Å². The molecule has 0 spiro atoms. The molecule has 0 fully saturated rings. The minimum atomic E-state index is -3.67. The number of para-hydroxylation sites is 1. The van der Waals surface area contributed by atoms with Crippen LogP contribution in [0.25, 0.3) is 0 Å². The van der Waals surface area contributed by atoms with E-state index in [1.165, 1.54) is 4.31 Å². The van der Waals surface area contributed by atoms with Gasteiger partial charge in [0, 0.05) is 24.3 Å². The number of amides is 1. The number of sulfonamides is 1. The summed E-state index contributed by atoms with van der Waals surface area (Å²) in [5.74, 6) is -0.204. The Morgan fingerprint density at radius 3 is 2.09 bits per heavy atom. The van der Waals surface area contributed by atoms with Crippen molar-refractivity contribution in [1.29, 1.82) is 0 Å². The van der Waals surface area contributed by atoms with Crippen LogP contribution in [0.3, 0.4) is 0 Å². The van der Waals surface area contributed by atoms with E-state index in [9.17, 15) is 13.2 Å². The van der Waals surface area contributed by atoms with Gasteiger partial charge in [-0.15, -0.1) is 6.58 Å². The first kappa shape index (κ1) is 23.4. The topological polar surface area (TPSA) is 66.5 Å². The maximum Gasteiger partial charge on any atom is 0.255 e. The van der Waals surface area contributed by atoms with Gasteiger partial charge >= 0.3 is 0 Å². The molecule has 0 heterocycles. The predicted octanol–water partition coefficient (Wildman–Crippen LogP) is 5.24. The number of hydrogen-bond donors (Lipinski definition) is 1. The lowest BCUT2D eigenvalue weighted by atomic mass is 10.1. The van der Waals surface area contributed by atoms with Crippen LogP contribution in [-0.4, -0.2) is 25.2 Å². The zero-order chi connectivity index (χ0) is 23.3. The fourth-order valence-electron chi connectivity index (χ4n) is 3.41. The van der Waals surface area contributed by atoms with Gasteiger partial charge in [-0.3, -0.25) is 4.79 Å². The molecule has 3 aromatic carbocycles. The number of hydrogen-bond acceptors (Lipinski definition) is 3. The van der Waals surface area contributed by atoms with Crippen LogP contribution in [0.4, 0.5) is 5.69 Å². The number of nitrogens with one attached hydrogen (secondary N) is 1. The average molecular weight is 449 g/mol. The van der Waals surface area contributed by atoms with Crippen molar-refractivity contribution >= 4 is 21.6 Å². The molecule has 1 amide bonds. The fourth-order valence-corrected chi connectivity index (χ4v) is 4.81. The number of anilines is 1. The van der Waals surface area contributed by atoms with Crippen molar-refractivity contribution in [2.45, 2.75) is 32.2 Å². The highest BCUT2D eigenvalue weighted by Gasteiger charge is 2.23. The van der Waals surface area contributed by atoms with Gasteiger partial charge in [0.2, 0.25) is 10.0 Å². The molecule has 166 valence electrons. The number of carbonyl (C=O) groups excluding carboxylic acids is 1. The Bertz CT molecular complexity index is 1190. The van der Waals surface area contributed by atoms with Gasteiger partial charge in [-0.05, 0) is 61.7 Å². The molecule has 6 heteroatoms. The summed E-state index contributed by atoms with van der Waals surface area (Å²) in [7, 11) is -3.67. The standard InChI is InChI=1S/C26H28N2O3S/c1-5-17-28(32(30,31)24-15-9-19(2)10-16-24)18-22-11-13-23(14-12-22)26(29)27-25-20(3)7-6-8-21(25)4/h5-16H,1,17-18H2,2-4H3,(H,27,29). The second kappa shape index (κ2) is 9.94. The summed E-state index contributed by atoms with van der Waals surface area (Å²) >= 11 is 0. The molecule has 5 nitrogen and oxygen atoms in total. The minimum absolute atomic E-state index is 0.182. The highest BCUT2D eigenvalue weighted by Crippen LogP contribution is 2.22. The molecule has 0 aliphatic carbocycles. The van der Waals surface area contributed by atoms with E-state index in [0.717, 1.165) is 27.9 Å². The smallest absolute Gasteiger partial charge is 0.255 e. The zero-order valence-corrected chi connectivity index (χ0v) is 19.4. The molecular weight excluding hydrogens is 420 g/mol. The van der Waals surface area contributed by atoms with Crippen molar-refractivity contribution < 1.29 is 13.2 Å². The molecular formula is C26H28N2O3S. The van der Waals surface area contributed by atoms with Gasteiger partial charge in [-0.2, -0.15) is 4.31 Å². The lowest BCUT2D eigenvalue weighted by molar-refractivity contribution is 0.102. The van der Waals surface area contributed by atoms with Gasteiger partial charge in [-0.25, -0.2) is 8.42 Å². The molecule has 0 atom stereocenters. The van der Waals surface area contributed by atoms with Gasteiger partial charge in [0.05, 0.1) is 4.90 Å². The highest BCUT2D eigenvalue weighted by atomic mass is 32.2. The fraction of sp³-hybridized carbons (Fsp3) is 0.192. The molecule has 0 aliphatic heterocycles. The van der Waals surface area contributed by atoms with E-state index in [4.69, 9.17) is 0 Å². The van der Waals surface area contributed by atoms with Crippen molar-refractivity contribution in [2.24, 2.45) is 0 Å². The normalized spacial score (nSPS) is 11.4. The zero-order valence-electron chi connectivity index (χ0n) is 18.6. The molecule has 0 radical (unpaired) electrons. The molecule has 0 saturated carbocycles. The Balaban J connectivity index is 1.77. The predicted molar refractivity (Wildman–Crippen MR) is 129 cm³/mol. The van der Waals surface area contributed by atoms with Crippen LogP contribution >= 0.6 is 0 Å². The van der Waals surface area contributed by atoms with Crippen LogP contribution in [-0.2, 0) is 16.6 Å². The quantitative estimate of drug-likeness (QED) is 0.479. The van der Waals surface area contributed by atoms with Crippen LogP contribution < -0.4 is 5.32 Å². The van der Waals surface area contributed by atoms with Crippen molar-refractivity contribution in [2.75, 3.05) is 11.9 Å². The monoisotopic (exact) mass is 448 g/mol. The lowest BCUT2D eigenvalue weighted by Gasteiger charge is -2.21. The number of aryl methyl sites for hydroxylation is 3. The van der Waals surface area contributed by atoms with Crippen molar-refractivity contribution in [3.63, 3.8) is 0 Å². The molecule has 0 bridgehead atoms. The summed E-state index contributed by atoms with van der Waals surface area (Å²) in [5, 5.41) is 2.97. The first-order valence-electron chi connectivity index (χ1n) is 10.4. The first-order valence-corrected chi connectivity index (χ1v) is 11.8. The third-order valence-corrected chi connectivity index (χ3v) is 7.11. The summed E-state index contributed by atoms with van der Waals surface area (Å²) in [6, 6.07) is 19.6. The van der Waals surface area contributed by atoms with E-state index in [1.807, 2.05) is 39.0 Å². The molecule has 3 aromatic rings. The van der Waals surface area contributed by atoms with Crippen LogP contribution in [0.5, 0.6) is 0 Å². The summed E-state index contributed by atoms with van der Waals surface area (Å²) in [6.45, 7) is 9.88. The van der Waals surface area contributed by atoms with Gasteiger partial charge < -0.3 is 5.32 Å². The van der Waals surface area contributed by atoms with Gasteiger partial charge in [-0.1, -0.05) is 54.1 Å². The van der Waals surface area contributed by atoms with Crippen molar-refractivity contribution in [1.82, 2.24) is 4.31 Å². The summed E-state index contributed by atoms with van der Waals surface area (Å²) in [4.78, 5) is 12.9. The molecule has 0 saturated heterocycles. The van der Waals surface area contributed by atoms with E-state index in [-0.39, 0.29) is 23.9 Å². The van der Waals surface area contributed by atoms with E-state index in [0.29, 0.717) is 5.56 Å². The van der Waals surface area contributed by atoms with Crippen LogP contribution in [0.2, 0.25) is 0 Å². The lowest BCUT2D eigenvalue weighted by Crippen LogP contribution is -2.30. The SMILES string of the molecule is C=CCN(Cc1ccc(C(=O)Nc2c(C)cccc2C)cc1)S(=O)(=O)c1ccc(C)cc1. The van der Waals surface area contributed by atoms with Crippen LogP contribution in [0, 0.1) is 20.8 Å². The van der Waals surface area contributed by atoms with E-state index >= 15 is 0 Å². The largest absolute Gasteiger partial charge is 0.322 e. The van der Waals surface area contributed by atoms with Gasteiger partial charge in [0.1, 0.15) is 0 Å². The molecule has 0 unspecified atom stereocenters. The summed E-state index contributed by atoms with van der Waals surface area (Å²) < 4.78 is 27.6. The molecule has 32 heavy (non-hydrogen) atoms. The Kier molecular flexibility index (Phi) is 7.28. The minimum Gasteiger partial charge on any atom is -0.322 e. The number of benzene rings is 3. The number of carbonyl (C=O) groups is 1. The molecule has 3 rings (SSSR count). The number of nitrogens with zero attached hydrogens (tertiary/aromatic N) is 1. The summed E-state index contributed by atoms with van der Waals surface area (Å²) in [6.07, 6.45) is 1.57. The molecule has 0 aliphatic rings. The highest BCUT2D eigenvalue weighted by molar-refractivity contribution is 7.89. The Morgan fingerprint density at radius 2 is 1.53 bits per heavy atom. The van der Waals surface area contributed by atoms with Gasteiger partial charge in [0.15, 0.2) is 0 Å². The third-order valence-electron chi connectivity index (χ3n) is 5.29. The maximum absolute atomic E-state index is 13.1. The molecule has 1 N–H and O–H groups in total.